The summed E-state index contributed by atoms with van der Waals surface area (Å²) in [5.74, 6) is -0.265. The Balaban J connectivity index is 3.19. The van der Waals surface area contributed by atoms with Crippen LogP contribution in [0.15, 0.2) is 0 Å². The molecule has 0 saturated carbocycles. The first-order valence-corrected chi connectivity index (χ1v) is 2.65. The molecule has 0 heterocycles. The van der Waals surface area contributed by atoms with E-state index >= 15 is 0 Å². The lowest BCUT2D eigenvalue weighted by molar-refractivity contribution is -0.129. The van der Waals surface area contributed by atoms with E-state index in [1.807, 2.05) is 12.4 Å². The molecule has 0 aromatic heterocycles. The molecule has 0 aliphatic rings. The van der Waals surface area contributed by atoms with Gasteiger partial charge in [0.05, 0.1) is 0 Å². The molecule has 0 unspecified atom stereocenters. The predicted octanol–water partition coefficient (Wildman–Crippen LogP) is 0.315. The molecule has 0 fully saturated rings. The zero-order valence-corrected chi connectivity index (χ0v) is 5.18. The van der Waals surface area contributed by atoms with Gasteiger partial charge in [-0.3, -0.25) is 9.63 Å². The molecule has 9 heavy (non-hydrogen) atoms. The van der Waals surface area contributed by atoms with E-state index in [4.69, 9.17) is 5.26 Å². The third kappa shape index (κ3) is 4.62. The Kier molecular flexibility index (Phi) is 4.23. The van der Waals surface area contributed by atoms with Gasteiger partial charge in [0, 0.05) is 6.42 Å². The van der Waals surface area contributed by atoms with Gasteiger partial charge in [-0.25, -0.2) is 0 Å². The highest BCUT2D eigenvalue weighted by Crippen LogP contribution is 1.84. The molecule has 0 spiro atoms. The Bertz CT molecular complexity index is 127. The van der Waals surface area contributed by atoms with Gasteiger partial charge in [0.1, 0.15) is 0 Å². The van der Waals surface area contributed by atoms with Gasteiger partial charge in [-0.05, 0) is 6.42 Å². The number of carbonyl (C=O) groups excluding carboxylic acids is 1. The maximum Gasteiger partial charge on any atom is 0.314 e. The van der Waals surface area contributed by atoms with Crippen molar-refractivity contribution in [2.45, 2.75) is 19.8 Å². The number of carbonyl (C=O) groups is 1. The van der Waals surface area contributed by atoms with Crippen LogP contribution < -0.4 is 5.48 Å². The summed E-state index contributed by atoms with van der Waals surface area (Å²) in [6, 6.07) is 0. The molecule has 0 aromatic rings. The van der Waals surface area contributed by atoms with Crippen molar-refractivity contribution < 1.29 is 9.63 Å². The zero-order chi connectivity index (χ0) is 7.11. The van der Waals surface area contributed by atoms with Crippen molar-refractivity contribution in [2.75, 3.05) is 0 Å². The summed E-state index contributed by atoms with van der Waals surface area (Å²) in [4.78, 5) is 14.4. The number of nitrogens with one attached hydrogen (secondary N) is 1. The Morgan fingerprint density at radius 1 is 1.89 bits per heavy atom. The summed E-state index contributed by atoms with van der Waals surface area (Å²) in [6.45, 7) is 1.87. The van der Waals surface area contributed by atoms with Crippen LogP contribution in [0.25, 0.3) is 0 Å². The van der Waals surface area contributed by atoms with Gasteiger partial charge in [0.15, 0.2) is 0 Å². The minimum atomic E-state index is -0.265. The molecular weight excluding hydrogens is 120 g/mol. The predicted molar refractivity (Wildman–Crippen MR) is 29.7 cm³/mol. The Morgan fingerprint density at radius 3 is 3.00 bits per heavy atom. The Morgan fingerprint density at radius 2 is 2.56 bits per heavy atom. The molecule has 0 aliphatic carbocycles. The number of hydrogen-bond acceptors (Lipinski definition) is 3. The average Bonchev–Trinajstić information content (AvgIpc) is 1.85. The Labute approximate surface area is 53.4 Å². The number of nitriles is 1. The van der Waals surface area contributed by atoms with Crippen LogP contribution in [-0.4, -0.2) is 5.91 Å². The molecule has 0 aromatic carbocycles. The van der Waals surface area contributed by atoms with Gasteiger partial charge in [0.25, 0.3) is 5.91 Å². The number of hydroxylamine groups is 1. The summed E-state index contributed by atoms with van der Waals surface area (Å²) >= 11 is 0. The molecular formula is C5H8N2O2. The lowest BCUT2D eigenvalue weighted by Crippen LogP contribution is -2.20. The van der Waals surface area contributed by atoms with Crippen molar-refractivity contribution in [3.05, 3.63) is 0 Å². The highest BCUT2D eigenvalue weighted by molar-refractivity contribution is 5.74. The van der Waals surface area contributed by atoms with Crippen molar-refractivity contribution in [3.63, 3.8) is 0 Å². The lowest BCUT2D eigenvalue weighted by atomic mass is 10.3. The van der Waals surface area contributed by atoms with Gasteiger partial charge in [-0.15, -0.1) is 5.26 Å². The molecule has 1 amide bonds. The fourth-order valence-corrected chi connectivity index (χ4v) is 0.358. The van der Waals surface area contributed by atoms with Gasteiger partial charge < -0.3 is 0 Å². The van der Waals surface area contributed by atoms with Crippen LogP contribution in [-0.2, 0) is 9.63 Å². The largest absolute Gasteiger partial charge is 0.314 e. The van der Waals surface area contributed by atoms with Gasteiger partial charge >= 0.3 is 6.26 Å². The highest BCUT2D eigenvalue weighted by Gasteiger charge is 1.95. The average molecular weight is 128 g/mol. The second-order valence-corrected chi connectivity index (χ2v) is 1.47. The quantitative estimate of drug-likeness (QED) is 0.439. The normalized spacial score (nSPS) is 7.56. The monoisotopic (exact) mass is 128 g/mol. The van der Waals surface area contributed by atoms with Crippen molar-refractivity contribution in [1.82, 2.24) is 5.48 Å². The van der Waals surface area contributed by atoms with Crippen LogP contribution in [0.2, 0.25) is 0 Å². The topological polar surface area (TPSA) is 62.1 Å². The summed E-state index contributed by atoms with van der Waals surface area (Å²) in [5, 5.41) is 7.80. The number of hydrogen-bond donors (Lipinski definition) is 1. The van der Waals surface area contributed by atoms with Crippen LogP contribution >= 0.6 is 0 Å². The van der Waals surface area contributed by atoms with E-state index in [1.165, 1.54) is 6.26 Å². The molecule has 4 heteroatoms. The molecule has 0 radical (unpaired) electrons. The second kappa shape index (κ2) is 4.91. The molecule has 1 N–H and O–H groups in total. The minimum Gasteiger partial charge on any atom is -0.299 e. The van der Waals surface area contributed by atoms with Crippen LogP contribution in [0.4, 0.5) is 0 Å². The number of amides is 1. The molecule has 50 valence electrons. The molecule has 0 atom stereocenters. The molecule has 4 nitrogen and oxygen atoms in total. The van der Waals surface area contributed by atoms with Crippen LogP contribution in [0.1, 0.15) is 19.8 Å². The lowest BCUT2D eigenvalue weighted by Gasteiger charge is -1.95. The summed E-state index contributed by atoms with van der Waals surface area (Å²) in [6.07, 6.45) is 2.47. The summed E-state index contributed by atoms with van der Waals surface area (Å²) < 4.78 is 0. The molecule has 0 saturated heterocycles. The highest BCUT2D eigenvalue weighted by atomic mass is 16.6. The molecule has 0 rings (SSSR count). The fraction of sp³-hybridized carbons (Fsp3) is 0.600. The fourth-order valence-electron chi connectivity index (χ4n) is 0.358. The molecule has 0 bridgehead atoms. The van der Waals surface area contributed by atoms with E-state index in [1.54, 1.807) is 0 Å². The standard InChI is InChI=1S/C5H8N2O2/c1-2-3-5(8)7-9-4-6/h2-3H2,1H3,(H,7,8). The maximum atomic E-state index is 10.4. The molecule has 0 aliphatic heterocycles. The van der Waals surface area contributed by atoms with E-state index in [0.717, 1.165) is 6.42 Å². The first-order chi connectivity index (χ1) is 4.31. The van der Waals surface area contributed by atoms with E-state index in [9.17, 15) is 4.79 Å². The van der Waals surface area contributed by atoms with E-state index in [2.05, 4.69) is 4.84 Å². The van der Waals surface area contributed by atoms with Crippen molar-refractivity contribution in [2.24, 2.45) is 0 Å². The third-order valence-electron chi connectivity index (χ3n) is 0.688. The van der Waals surface area contributed by atoms with Crippen LogP contribution in [0, 0.1) is 11.5 Å². The second-order valence-electron chi connectivity index (χ2n) is 1.47. The van der Waals surface area contributed by atoms with E-state index in [-0.39, 0.29) is 5.91 Å². The SMILES string of the molecule is CCCC(=O)NOC#N. The Hall–Kier alpha value is -1.24. The smallest absolute Gasteiger partial charge is 0.299 e. The van der Waals surface area contributed by atoms with Gasteiger partial charge in [-0.1, -0.05) is 6.92 Å². The van der Waals surface area contributed by atoms with Crippen molar-refractivity contribution in [3.8, 4) is 6.26 Å². The van der Waals surface area contributed by atoms with E-state index in [0.29, 0.717) is 6.42 Å². The minimum absolute atomic E-state index is 0.265. The van der Waals surface area contributed by atoms with Crippen LogP contribution in [0.3, 0.4) is 0 Å². The first-order valence-electron chi connectivity index (χ1n) is 2.65. The van der Waals surface area contributed by atoms with Gasteiger partial charge in [0.2, 0.25) is 0 Å². The third-order valence-corrected chi connectivity index (χ3v) is 0.688. The van der Waals surface area contributed by atoms with Crippen LogP contribution in [0.5, 0.6) is 0 Å². The first kappa shape index (κ1) is 7.76. The number of nitrogens with zero attached hydrogens (tertiary/aromatic N) is 1. The number of rotatable bonds is 3. The van der Waals surface area contributed by atoms with Crippen molar-refractivity contribution in [1.29, 1.82) is 5.26 Å². The summed E-state index contributed by atoms with van der Waals surface area (Å²) in [5.41, 5.74) is 1.93. The maximum absolute atomic E-state index is 10.4. The zero-order valence-electron chi connectivity index (χ0n) is 5.18. The van der Waals surface area contributed by atoms with Gasteiger partial charge in [-0.2, -0.15) is 5.48 Å². The van der Waals surface area contributed by atoms with E-state index < -0.39 is 0 Å². The summed E-state index contributed by atoms with van der Waals surface area (Å²) in [7, 11) is 0. The van der Waals surface area contributed by atoms with Crippen molar-refractivity contribution >= 4 is 5.91 Å².